The molecule has 1 saturated carbocycles. The van der Waals surface area contributed by atoms with Gasteiger partial charge in [-0.15, -0.1) is 0 Å². The van der Waals surface area contributed by atoms with Crippen molar-refractivity contribution in [1.29, 1.82) is 0 Å². The lowest BCUT2D eigenvalue weighted by atomic mass is 9.92. The zero-order valence-electron chi connectivity index (χ0n) is 20.9. The summed E-state index contributed by atoms with van der Waals surface area (Å²) in [4.78, 5) is 11.7. The monoisotopic (exact) mass is 502 g/mol. The number of carboxylic acid groups (broad SMARTS) is 1. The van der Waals surface area contributed by atoms with E-state index < -0.39 is 12.1 Å². The van der Waals surface area contributed by atoms with Gasteiger partial charge < -0.3 is 30.3 Å². The van der Waals surface area contributed by atoms with E-state index >= 15 is 0 Å². The molecule has 37 heavy (non-hydrogen) atoms. The second kappa shape index (κ2) is 11.7. The first-order valence-electron chi connectivity index (χ1n) is 13.1. The van der Waals surface area contributed by atoms with Crippen LogP contribution >= 0.6 is 0 Å². The first kappa shape index (κ1) is 25.1. The molecule has 7 nitrogen and oxygen atoms in total. The number of carboxylic acids is 1. The highest BCUT2D eigenvalue weighted by atomic mass is 16.5. The lowest BCUT2D eigenvalue weighted by Crippen LogP contribution is -2.39. The Labute approximate surface area is 217 Å². The lowest BCUT2D eigenvalue weighted by molar-refractivity contribution is 0.0697. The van der Waals surface area contributed by atoms with E-state index in [4.69, 9.17) is 9.47 Å². The minimum Gasteiger partial charge on any atom is -0.491 e. The fraction of sp³-hybridized carbons (Fsp3) is 0.367. The molecule has 0 unspecified atom stereocenters. The molecule has 0 spiro atoms. The Morgan fingerprint density at radius 3 is 2.57 bits per heavy atom. The van der Waals surface area contributed by atoms with Gasteiger partial charge in [-0.2, -0.15) is 0 Å². The lowest BCUT2D eigenvalue weighted by Gasteiger charge is -2.28. The summed E-state index contributed by atoms with van der Waals surface area (Å²) in [5.41, 5.74) is 4.19. The van der Waals surface area contributed by atoms with Crippen LogP contribution in [0.3, 0.4) is 0 Å². The second-order valence-electron chi connectivity index (χ2n) is 9.87. The average molecular weight is 503 g/mol. The molecule has 2 aliphatic rings. The predicted octanol–water partition coefficient (Wildman–Crippen LogP) is 4.74. The molecule has 7 heteroatoms. The number of rotatable bonds is 11. The van der Waals surface area contributed by atoms with Crippen LogP contribution in [0.4, 0.5) is 5.69 Å². The molecule has 3 aromatic rings. The summed E-state index contributed by atoms with van der Waals surface area (Å²) in [5.74, 6) is 0.713. The summed E-state index contributed by atoms with van der Waals surface area (Å²) in [6, 6.07) is 21.5. The van der Waals surface area contributed by atoms with Crippen molar-refractivity contribution in [3.63, 3.8) is 0 Å². The van der Waals surface area contributed by atoms with E-state index in [0.717, 1.165) is 53.9 Å². The number of aliphatic hydroxyl groups is 1. The van der Waals surface area contributed by atoms with Crippen molar-refractivity contribution in [3.05, 3.63) is 77.9 Å². The normalized spacial score (nSPS) is 17.7. The number of hydrogen-bond donors (Lipinski definition) is 4. The van der Waals surface area contributed by atoms with Crippen molar-refractivity contribution in [2.75, 3.05) is 25.0 Å². The summed E-state index contributed by atoms with van der Waals surface area (Å²) in [6.07, 6.45) is 4.56. The number of hydrogen-bond acceptors (Lipinski definition) is 6. The summed E-state index contributed by atoms with van der Waals surface area (Å²) in [5, 5.41) is 26.5. The van der Waals surface area contributed by atoms with Gasteiger partial charge in [0, 0.05) is 24.8 Å². The highest BCUT2D eigenvalue weighted by molar-refractivity contribution is 5.95. The van der Waals surface area contributed by atoms with E-state index in [2.05, 4.69) is 16.7 Å². The molecule has 194 valence electrons. The molecular formula is C30H34N2O5. The van der Waals surface area contributed by atoms with Crippen molar-refractivity contribution < 1.29 is 24.5 Å². The third-order valence-electron chi connectivity index (χ3n) is 7.08. The van der Waals surface area contributed by atoms with E-state index in [1.165, 1.54) is 6.42 Å². The Balaban J connectivity index is 1.15. The molecule has 3 aromatic carbocycles. The van der Waals surface area contributed by atoms with Crippen LogP contribution in [0.2, 0.25) is 0 Å². The molecule has 1 fully saturated rings. The van der Waals surface area contributed by atoms with E-state index in [1.54, 1.807) is 6.07 Å². The number of carbonyl (C=O) groups is 1. The Kier molecular flexibility index (Phi) is 7.92. The number of para-hydroxylation sites is 1. The molecule has 2 atom stereocenters. The van der Waals surface area contributed by atoms with Gasteiger partial charge >= 0.3 is 5.97 Å². The topological polar surface area (TPSA) is 100 Å². The first-order chi connectivity index (χ1) is 18.0. The number of anilines is 1. The van der Waals surface area contributed by atoms with E-state index in [9.17, 15) is 15.0 Å². The minimum absolute atomic E-state index is 0.0359. The second-order valence-corrected chi connectivity index (χ2v) is 9.87. The largest absolute Gasteiger partial charge is 0.491 e. The van der Waals surface area contributed by atoms with Crippen molar-refractivity contribution in [3.8, 4) is 22.6 Å². The standard InChI is InChI=1S/C30H34N2O5/c33-24(19-36-25-7-2-1-3-8-25)17-31-18-26-12-9-22-15-20(11-14-29(22)37-26)21-10-13-27(30(34)35)28(16-21)32-23-5-4-6-23/h1-3,7-8,10-11,13-16,23-24,26,31-33H,4-6,9,12,17-19H2,(H,34,35)/t24-,26+/m0/s1. The minimum atomic E-state index is -0.914. The number of benzene rings is 3. The summed E-state index contributed by atoms with van der Waals surface area (Å²) in [7, 11) is 0. The molecule has 0 aromatic heterocycles. The molecular weight excluding hydrogens is 468 g/mol. The number of ether oxygens (including phenoxy) is 2. The van der Waals surface area contributed by atoms with Crippen molar-refractivity contribution in [1.82, 2.24) is 5.32 Å². The quantitative estimate of drug-likeness (QED) is 0.301. The zero-order valence-corrected chi connectivity index (χ0v) is 20.9. The van der Waals surface area contributed by atoms with Gasteiger partial charge in [-0.1, -0.05) is 30.3 Å². The molecule has 0 bridgehead atoms. The number of nitrogens with one attached hydrogen (secondary N) is 2. The molecule has 1 aliphatic carbocycles. The highest BCUT2D eigenvalue weighted by Crippen LogP contribution is 2.34. The molecule has 0 amide bonds. The number of aromatic carboxylic acids is 1. The van der Waals surface area contributed by atoms with Crippen LogP contribution < -0.4 is 20.1 Å². The van der Waals surface area contributed by atoms with Gasteiger partial charge in [-0.25, -0.2) is 4.79 Å². The number of fused-ring (bicyclic) bond motifs is 1. The van der Waals surface area contributed by atoms with Crippen LogP contribution in [0.15, 0.2) is 66.7 Å². The number of aliphatic hydroxyl groups excluding tert-OH is 1. The van der Waals surface area contributed by atoms with Crippen LogP contribution in [-0.4, -0.2) is 54.1 Å². The third-order valence-corrected chi connectivity index (χ3v) is 7.08. The van der Waals surface area contributed by atoms with Gasteiger partial charge in [0.05, 0.1) is 5.56 Å². The van der Waals surface area contributed by atoms with Gasteiger partial charge in [0.15, 0.2) is 0 Å². The van der Waals surface area contributed by atoms with E-state index in [0.29, 0.717) is 30.4 Å². The molecule has 1 heterocycles. The Bertz CT molecular complexity index is 1210. The summed E-state index contributed by atoms with van der Waals surface area (Å²) in [6.45, 7) is 1.32. The van der Waals surface area contributed by atoms with Gasteiger partial charge in [-0.05, 0) is 85.2 Å². The van der Waals surface area contributed by atoms with Gasteiger partial charge in [0.25, 0.3) is 0 Å². The highest BCUT2D eigenvalue weighted by Gasteiger charge is 2.22. The SMILES string of the molecule is O=C(O)c1ccc(-c2ccc3c(c2)CC[C@H](CNC[C@H](O)COc2ccccc2)O3)cc1NC1CCC1. The fourth-order valence-corrected chi connectivity index (χ4v) is 4.75. The van der Waals surface area contributed by atoms with Crippen LogP contribution in [0.5, 0.6) is 11.5 Å². The molecule has 0 radical (unpaired) electrons. The predicted molar refractivity (Wildman–Crippen MR) is 144 cm³/mol. The van der Waals surface area contributed by atoms with Crippen LogP contribution in [-0.2, 0) is 6.42 Å². The Morgan fingerprint density at radius 1 is 1.03 bits per heavy atom. The van der Waals surface area contributed by atoms with Crippen molar-refractivity contribution in [2.24, 2.45) is 0 Å². The molecule has 1 aliphatic heterocycles. The molecule has 4 N–H and O–H groups in total. The average Bonchev–Trinajstić information content (AvgIpc) is 2.89. The smallest absolute Gasteiger partial charge is 0.337 e. The Hall–Kier alpha value is -3.55. The van der Waals surface area contributed by atoms with Crippen LogP contribution in [0.25, 0.3) is 11.1 Å². The zero-order chi connectivity index (χ0) is 25.6. The summed E-state index contributed by atoms with van der Waals surface area (Å²) < 4.78 is 11.8. The van der Waals surface area contributed by atoms with Gasteiger partial charge in [0.1, 0.15) is 30.3 Å². The van der Waals surface area contributed by atoms with Crippen LogP contribution in [0, 0.1) is 0 Å². The molecule has 0 saturated heterocycles. The van der Waals surface area contributed by atoms with E-state index in [-0.39, 0.29) is 12.7 Å². The maximum Gasteiger partial charge on any atom is 0.337 e. The third kappa shape index (κ3) is 6.42. The summed E-state index contributed by atoms with van der Waals surface area (Å²) >= 11 is 0. The van der Waals surface area contributed by atoms with Gasteiger partial charge in [-0.3, -0.25) is 0 Å². The maximum absolute atomic E-state index is 11.7. The van der Waals surface area contributed by atoms with Crippen LogP contribution in [0.1, 0.15) is 41.6 Å². The molecule has 5 rings (SSSR count). The van der Waals surface area contributed by atoms with E-state index in [1.807, 2.05) is 54.6 Å². The van der Waals surface area contributed by atoms with Gasteiger partial charge in [0.2, 0.25) is 0 Å². The maximum atomic E-state index is 11.7. The number of aryl methyl sites for hydroxylation is 1. The fourth-order valence-electron chi connectivity index (χ4n) is 4.75. The van der Waals surface area contributed by atoms with Crippen molar-refractivity contribution in [2.45, 2.75) is 50.4 Å². The van der Waals surface area contributed by atoms with Crippen molar-refractivity contribution >= 4 is 11.7 Å². The first-order valence-corrected chi connectivity index (χ1v) is 13.1. The Morgan fingerprint density at radius 2 is 1.81 bits per heavy atom.